The third kappa shape index (κ3) is 3.22. The molecule has 0 unspecified atom stereocenters. The van der Waals surface area contributed by atoms with Gasteiger partial charge in [-0.1, -0.05) is 12.2 Å². The van der Waals surface area contributed by atoms with Gasteiger partial charge in [0.05, 0.1) is 5.56 Å². The van der Waals surface area contributed by atoms with Gasteiger partial charge in [0.1, 0.15) is 10.8 Å². The first-order valence-corrected chi connectivity index (χ1v) is 7.11. The molecular weight excluding hydrogens is 256 g/mol. The molecular formula is C14H22N4S. The summed E-state index contributed by atoms with van der Waals surface area (Å²) in [6, 6.07) is 2.04. The Morgan fingerprint density at radius 2 is 2.00 bits per heavy atom. The molecule has 2 rings (SSSR count). The van der Waals surface area contributed by atoms with Gasteiger partial charge in [0.2, 0.25) is 0 Å². The monoisotopic (exact) mass is 278 g/mol. The van der Waals surface area contributed by atoms with Gasteiger partial charge in [-0.2, -0.15) is 0 Å². The van der Waals surface area contributed by atoms with Gasteiger partial charge < -0.3 is 15.5 Å². The molecule has 4 nitrogen and oxygen atoms in total. The summed E-state index contributed by atoms with van der Waals surface area (Å²) in [5.41, 5.74) is 8.96. The lowest BCUT2D eigenvalue weighted by Crippen LogP contribution is -2.32. The van der Waals surface area contributed by atoms with Crippen molar-refractivity contribution in [3.8, 4) is 0 Å². The fraction of sp³-hybridized carbons (Fsp3) is 0.571. The van der Waals surface area contributed by atoms with Crippen LogP contribution in [-0.2, 0) is 0 Å². The van der Waals surface area contributed by atoms with Crippen LogP contribution in [0.4, 0.5) is 5.82 Å². The molecule has 0 amide bonds. The third-order valence-corrected chi connectivity index (χ3v) is 3.80. The summed E-state index contributed by atoms with van der Waals surface area (Å²) in [6.07, 6.45) is 1.14. The molecule has 0 aliphatic carbocycles. The Balaban J connectivity index is 2.39. The first-order chi connectivity index (χ1) is 8.99. The van der Waals surface area contributed by atoms with Crippen molar-refractivity contribution in [2.45, 2.75) is 20.3 Å². The second-order valence-corrected chi connectivity index (χ2v) is 5.73. The summed E-state index contributed by atoms with van der Waals surface area (Å²) in [7, 11) is 2.16. The lowest BCUT2D eigenvalue weighted by Gasteiger charge is -2.25. The fourth-order valence-electron chi connectivity index (χ4n) is 2.61. The molecule has 19 heavy (non-hydrogen) atoms. The van der Waals surface area contributed by atoms with Gasteiger partial charge in [0, 0.05) is 25.3 Å². The SMILES string of the molecule is Cc1cc(C)c(C(N)=S)c(N2CCCN(C)CC2)n1. The van der Waals surface area contributed by atoms with Crippen molar-refractivity contribution in [1.29, 1.82) is 0 Å². The first-order valence-electron chi connectivity index (χ1n) is 6.70. The van der Waals surface area contributed by atoms with Crippen molar-refractivity contribution in [2.24, 2.45) is 5.73 Å². The van der Waals surface area contributed by atoms with Crippen molar-refractivity contribution < 1.29 is 0 Å². The molecule has 1 aromatic heterocycles. The molecule has 0 bridgehead atoms. The number of nitrogens with zero attached hydrogens (tertiary/aromatic N) is 3. The minimum absolute atomic E-state index is 0.442. The number of pyridine rings is 1. The number of nitrogens with two attached hydrogens (primary N) is 1. The molecule has 1 saturated heterocycles. The number of hydrogen-bond donors (Lipinski definition) is 1. The number of likely N-dealkylation sites (N-methyl/N-ethyl adjacent to an activating group) is 1. The Kier molecular flexibility index (Phi) is 4.37. The van der Waals surface area contributed by atoms with Crippen molar-refractivity contribution in [3.05, 3.63) is 22.9 Å². The molecule has 104 valence electrons. The highest BCUT2D eigenvalue weighted by atomic mass is 32.1. The van der Waals surface area contributed by atoms with Gasteiger partial charge >= 0.3 is 0 Å². The van der Waals surface area contributed by atoms with Gasteiger partial charge in [-0.05, 0) is 45.5 Å². The van der Waals surface area contributed by atoms with Crippen molar-refractivity contribution in [3.63, 3.8) is 0 Å². The normalized spacial score (nSPS) is 17.3. The summed E-state index contributed by atoms with van der Waals surface area (Å²) in [4.78, 5) is 9.80. The van der Waals surface area contributed by atoms with E-state index in [1.54, 1.807) is 0 Å². The standard InChI is InChI=1S/C14H22N4S/c1-10-9-11(2)16-14(12(10)13(15)19)18-6-4-5-17(3)7-8-18/h9H,4-8H2,1-3H3,(H2,15,19). The average Bonchev–Trinajstić information content (AvgIpc) is 2.52. The van der Waals surface area contributed by atoms with Crippen LogP contribution in [0.3, 0.4) is 0 Å². The van der Waals surface area contributed by atoms with Crippen LogP contribution in [-0.4, -0.2) is 48.1 Å². The lowest BCUT2D eigenvalue weighted by molar-refractivity contribution is 0.360. The molecule has 2 N–H and O–H groups in total. The van der Waals surface area contributed by atoms with E-state index in [9.17, 15) is 0 Å². The third-order valence-electron chi connectivity index (χ3n) is 3.59. The van der Waals surface area contributed by atoms with E-state index < -0.39 is 0 Å². The predicted octanol–water partition coefficient (Wildman–Crippen LogP) is 1.47. The summed E-state index contributed by atoms with van der Waals surface area (Å²) in [5.74, 6) is 0.959. The van der Waals surface area contributed by atoms with E-state index in [1.165, 1.54) is 0 Å². The minimum Gasteiger partial charge on any atom is -0.389 e. The van der Waals surface area contributed by atoms with Crippen molar-refractivity contribution >= 4 is 23.0 Å². The highest BCUT2D eigenvalue weighted by Gasteiger charge is 2.19. The van der Waals surface area contributed by atoms with E-state index in [0.29, 0.717) is 4.99 Å². The Hall–Kier alpha value is -1.20. The molecule has 1 fully saturated rings. The highest BCUT2D eigenvalue weighted by molar-refractivity contribution is 7.80. The Labute approximate surface area is 120 Å². The Morgan fingerprint density at radius 3 is 2.68 bits per heavy atom. The van der Waals surface area contributed by atoms with Crippen molar-refractivity contribution in [2.75, 3.05) is 38.1 Å². The molecule has 0 aromatic carbocycles. The predicted molar refractivity (Wildman–Crippen MR) is 83.9 cm³/mol. The number of anilines is 1. The van der Waals surface area contributed by atoms with E-state index in [2.05, 4.69) is 28.8 Å². The van der Waals surface area contributed by atoms with Crippen LogP contribution in [0.25, 0.3) is 0 Å². The van der Waals surface area contributed by atoms with Crippen molar-refractivity contribution in [1.82, 2.24) is 9.88 Å². The van der Waals surface area contributed by atoms with Gasteiger partial charge in [0.25, 0.3) is 0 Å². The van der Waals surface area contributed by atoms with Gasteiger partial charge in [-0.25, -0.2) is 4.98 Å². The Bertz CT molecular complexity index is 487. The highest BCUT2D eigenvalue weighted by Crippen LogP contribution is 2.23. The summed E-state index contributed by atoms with van der Waals surface area (Å²) in [5, 5.41) is 0. The number of thiocarbonyl (C=S) groups is 1. The van der Waals surface area contributed by atoms with Gasteiger partial charge in [-0.3, -0.25) is 0 Å². The van der Waals surface area contributed by atoms with Crippen LogP contribution >= 0.6 is 12.2 Å². The number of aromatic nitrogens is 1. The maximum atomic E-state index is 5.89. The summed E-state index contributed by atoms with van der Waals surface area (Å²) >= 11 is 5.21. The number of rotatable bonds is 2. The van der Waals surface area contributed by atoms with E-state index in [0.717, 1.165) is 55.2 Å². The molecule has 1 aliphatic rings. The summed E-state index contributed by atoms with van der Waals surface area (Å²) < 4.78 is 0. The molecule has 0 saturated carbocycles. The summed E-state index contributed by atoms with van der Waals surface area (Å²) in [6.45, 7) is 8.23. The molecule has 1 aliphatic heterocycles. The van der Waals surface area contributed by atoms with Gasteiger partial charge in [0.15, 0.2) is 0 Å². The quantitative estimate of drug-likeness (QED) is 0.830. The maximum Gasteiger partial charge on any atom is 0.139 e. The zero-order chi connectivity index (χ0) is 14.0. The molecule has 1 aromatic rings. The van der Waals surface area contributed by atoms with Crippen LogP contribution in [0.15, 0.2) is 6.07 Å². The van der Waals surface area contributed by atoms with Crippen LogP contribution in [0, 0.1) is 13.8 Å². The van der Waals surface area contributed by atoms with Crippen LogP contribution < -0.4 is 10.6 Å². The molecule has 0 spiro atoms. The lowest BCUT2D eigenvalue weighted by atomic mass is 10.1. The second kappa shape index (κ2) is 5.84. The number of hydrogen-bond acceptors (Lipinski definition) is 4. The maximum absolute atomic E-state index is 5.89. The van der Waals surface area contributed by atoms with Crippen LogP contribution in [0.5, 0.6) is 0 Å². The average molecular weight is 278 g/mol. The van der Waals surface area contributed by atoms with E-state index >= 15 is 0 Å². The fourth-order valence-corrected chi connectivity index (χ4v) is 2.86. The first kappa shape index (κ1) is 14.2. The van der Waals surface area contributed by atoms with Gasteiger partial charge in [-0.15, -0.1) is 0 Å². The van der Waals surface area contributed by atoms with E-state index in [4.69, 9.17) is 18.0 Å². The minimum atomic E-state index is 0.442. The number of aryl methyl sites for hydroxylation is 2. The molecule has 0 radical (unpaired) electrons. The second-order valence-electron chi connectivity index (χ2n) is 5.29. The van der Waals surface area contributed by atoms with Crippen LogP contribution in [0.2, 0.25) is 0 Å². The van der Waals surface area contributed by atoms with E-state index in [-0.39, 0.29) is 0 Å². The Morgan fingerprint density at radius 1 is 1.26 bits per heavy atom. The van der Waals surface area contributed by atoms with Crippen LogP contribution in [0.1, 0.15) is 23.2 Å². The zero-order valence-electron chi connectivity index (χ0n) is 11.9. The molecule has 0 atom stereocenters. The largest absolute Gasteiger partial charge is 0.389 e. The topological polar surface area (TPSA) is 45.4 Å². The zero-order valence-corrected chi connectivity index (χ0v) is 12.8. The molecule has 2 heterocycles. The van der Waals surface area contributed by atoms with E-state index in [1.807, 2.05) is 13.0 Å². The smallest absolute Gasteiger partial charge is 0.139 e. The molecule has 5 heteroatoms.